The van der Waals surface area contributed by atoms with Crippen molar-refractivity contribution in [3.63, 3.8) is 0 Å². The maximum absolute atomic E-state index is 11.9. The smallest absolute Gasteiger partial charge is 0.319 e. The molecule has 0 unspecified atom stereocenters. The molecular weight excluding hydrogens is 230 g/mol. The molecule has 0 spiro atoms. The van der Waals surface area contributed by atoms with Crippen molar-refractivity contribution in [1.82, 2.24) is 9.38 Å². The first kappa shape index (κ1) is 10.8. The number of hydrogen-bond donors (Lipinski definition) is 0. The Balaban J connectivity index is 2.25. The lowest BCUT2D eigenvalue weighted by molar-refractivity contribution is -0.143. The predicted molar refractivity (Wildman–Crippen MR) is 62.8 cm³/mol. The number of rotatable bonds is 2. The number of carbonyl (C=O) groups excluding carboxylic acids is 1. The van der Waals surface area contributed by atoms with Gasteiger partial charge in [-0.2, -0.15) is 5.26 Å². The Hall–Kier alpha value is -2.35. The molecule has 0 N–H and O–H groups in total. The summed E-state index contributed by atoms with van der Waals surface area (Å²) in [4.78, 5) is 16.2. The number of hydrogen-bond acceptors (Lipinski definition) is 4. The molecule has 1 saturated carbocycles. The van der Waals surface area contributed by atoms with Crippen molar-refractivity contribution in [3.05, 3.63) is 35.9 Å². The minimum absolute atomic E-state index is 0.275. The topological polar surface area (TPSA) is 67.4 Å². The summed E-state index contributed by atoms with van der Waals surface area (Å²) >= 11 is 0. The number of esters is 1. The van der Waals surface area contributed by atoms with Gasteiger partial charge in [0.15, 0.2) is 5.69 Å². The fourth-order valence-corrected chi connectivity index (χ4v) is 2.30. The van der Waals surface area contributed by atoms with Crippen LogP contribution in [-0.4, -0.2) is 22.5 Å². The number of aromatic nitrogens is 2. The van der Waals surface area contributed by atoms with E-state index in [1.54, 1.807) is 0 Å². The summed E-state index contributed by atoms with van der Waals surface area (Å²) in [5.41, 5.74) is 0.416. The van der Waals surface area contributed by atoms with Crippen molar-refractivity contribution < 1.29 is 9.53 Å². The number of imidazole rings is 1. The summed E-state index contributed by atoms with van der Waals surface area (Å²) < 4.78 is 6.66. The van der Waals surface area contributed by atoms with Crippen LogP contribution >= 0.6 is 0 Å². The molecule has 2 heterocycles. The SMILES string of the molecule is COC(=O)C1(c2nc(C#N)c3ccccn23)CC1. The summed E-state index contributed by atoms with van der Waals surface area (Å²) in [6.45, 7) is 0. The van der Waals surface area contributed by atoms with Crippen molar-refractivity contribution in [2.24, 2.45) is 0 Å². The van der Waals surface area contributed by atoms with E-state index in [0.29, 0.717) is 11.5 Å². The normalized spacial score (nSPS) is 16.2. The molecule has 0 amide bonds. The van der Waals surface area contributed by atoms with E-state index < -0.39 is 5.41 Å². The fraction of sp³-hybridized carbons (Fsp3) is 0.308. The molecule has 1 aliphatic rings. The van der Waals surface area contributed by atoms with Crippen LogP contribution in [0.15, 0.2) is 24.4 Å². The van der Waals surface area contributed by atoms with E-state index in [1.807, 2.05) is 28.8 Å². The number of fused-ring (bicyclic) bond motifs is 1. The van der Waals surface area contributed by atoms with Crippen molar-refractivity contribution >= 4 is 11.5 Å². The van der Waals surface area contributed by atoms with Gasteiger partial charge in [-0.15, -0.1) is 0 Å². The minimum atomic E-state index is -0.659. The number of carbonyl (C=O) groups is 1. The van der Waals surface area contributed by atoms with E-state index >= 15 is 0 Å². The Morgan fingerprint density at radius 3 is 2.94 bits per heavy atom. The van der Waals surface area contributed by atoms with Gasteiger partial charge in [-0.3, -0.25) is 4.79 Å². The first-order chi connectivity index (χ1) is 8.73. The van der Waals surface area contributed by atoms with Gasteiger partial charge in [-0.1, -0.05) is 6.07 Å². The third-order valence-electron chi connectivity index (χ3n) is 3.41. The standard InChI is InChI=1S/C13H11N3O2/c1-18-12(17)13(5-6-13)11-15-9(8-14)10-4-2-3-7-16(10)11/h2-4,7H,5-6H2,1H3. The highest BCUT2D eigenvalue weighted by Gasteiger charge is 2.56. The maximum atomic E-state index is 11.9. The van der Waals surface area contributed by atoms with Gasteiger partial charge in [0.05, 0.1) is 12.6 Å². The average molecular weight is 241 g/mol. The number of methoxy groups -OCH3 is 1. The molecule has 5 heteroatoms. The van der Waals surface area contributed by atoms with E-state index in [9.17, 15) is 4.79 Å². The summed E-state index contributed by atoms with van der Waals surface area (Å²) in [6, 6.07) is 7.59. The number of nitrogens with zero attached hydrogens (tertiary/aromatic N) is 3. The van der Waals surface area contributed by atoms with Gasteiger partial charge in [-0.05, 0) is 25.0 Å². The highest BCUT2D eigenvalue weighted by Crippen LogP contribution is 2.48. The summed E-state index contributed by atoms with van der Waals surface area (Å²) in [5.74, 6) is 0.337. The Morgan fingerprint density at radius 1 is 1.56 bits per heavy atom. The van der Waals surface area contributed by atoms with E-state index in [1.165, 1.54) is 7.11 Å². The van der Waals surface area contributed by atoms with E-state index in [-0.39, 0.29) is 5.97 Å². The molecule has 0 radical (unpaired) electrons. The van der Waals surface area contributed by atoms with Gasteiger partial charge in [0, 0.05) is 6.20 Å². The third kappa shape index (κ3) is 1.26. The van der Waals surface area contributed by atoms with E-state index in [0.717, 1.165) is 18.4 Å². The quantitative estimate of drug-likeness (QED) is 0.745. The van der Waals surface area contributed by atoms with Crippen LogP contribution in [0.1, 0.15) is 24.4 Å². The third-order valence-corrected chi connectivity index (χ3v) is 3.41. The highest BCUT2D eigenvalue weighted by atomic mass is 16.5. The van der Waals surface area contributed by atoms with Crippen molar-refractivity contribution in [2.45, 2.75) is 18.3 Å². The lowest BCUT2D eigenvalue weighted by atomic mass is 10.1. The molecule has 1 aliphatic carbocycles. The summed E-state index contributed by atoms with van der Waals surface area (Å²) in [5, 5.41) is 9.09. The number of nitriles is 1. The molecule has 90 valence electrons. The molecule has 2 aromatic heterocycles. The first-order valence-corrected chi connectivity index (χ1v) is 5.69. The zero-order valence-electron chi connectivity index (χ0n) is 9.88. The maximum Gasteiger partial charge on any atom is 0.319 e. The second kappa shape index (κ2) is 3.57. The molecule has 0 aromatic carbocycles. The predicted octanol–water partition coefficient (Wildman–Crippen LogP) is 1.41. The van der Waals surface area contributed by atoms with Crippen LogP contribution in [0.5, 0.6) is 0 Å². The second-order valence-electron chi connectivity index (χ2n) is 4.43. The monoisotopic (exact) mass is 241 g/mol. The van der Waals surface area contributed by atoms with Gasteiger partial charge < -0.3 is 9.14 Å². The largest absolute Gasteiger partial charge is 0.468 e. The molecule has 1 fully saturated rings. The van der Waals surface area contributed by atoms with Crippen LogP contribution in [0.2, 0.25) is 0 Å². The van der Waals surface area contributed by atoms with Crippen LogP contribution in [-0.2, 0) is 14.9 Å². The fourth-order valence-electron chi connectivity index (χ4n) is 2.30. The van der Waals surface area contributed by atoms with Crippen molar-refractivity contribution in [1.29, 1.82) is 5.26 Å². The lowest BCUT2D eigenvalue weighted by Crippen LogP contribution is -2.24. The molecule has 3 rings (SSSR count). The number of ether oxygens (including phenoxy) is 1. The molecule has 0 saturated heterocycles. The van der Waals surface area contributed by atoms with Gasteiger partial charge >= 0.3 is 5.97 Å². The average Bonchev–Trinajstić information content (AvgIpc) is 3.14. The Bertz CT molecular complexity index is 677. The summed E-state index contributed by atoms with van der Waals surface area (Å²) in [7, 11) is 1.38. The Kier molecular flexibility index (Phi) is 2.14. The molecule has 5 nitrogen and oxygen atoms in total. The van der Waals surface area contributed by atoms with Crippen molar-refractivity contribution in [2.75, 3.05) is 7.11 Å². The minimum Gasteiger partial charge on any atom is -0.468 e. The number of pyridine rings is 1. The van der Waals surface area contributed by atoms with Gasteiger partial charge in [0.25, 0.3) is 0 Å². The molecular formula is C13H11N3O2. The Morgan fingerprint density at radius 2 is 2.33 bits per heavy atom. The first-order valence-electron chi connectivity index (χ1n) is 5.69. The molecule has 0 aliphatic heterocycles. The van der Waals surface area contributed by atoms with E-state index in [2.05, 4.69) is 11.1 Å². The van der Waals surface area contributed by atoms with Crippen LogP contribution < -0.4 is 0 Å². The van der Waals surface area contributed by atoms with Gasteiger partial charge in [0.2, 0.25) is 0 Å². The molecule has 18 heavy (non-hydrogen) atoms. The van der Waals surface area contributed by atoms with Crippen LogP contribution in [0.25, 0.3) is 5.52 Å². The van der Waals surface area contributed by atoms with Crippen molar-refractivity contribution in [3.8, 4) is 6.07 Å². The van der Waals surface area contributed by atoms with Crippen LogP contribution in [0.4, 0.5) is 0 Å². The molecule has 0 bridgehead atoms. The van der Waals surface area contributed by atoms with Crippen LogP contribution in [0, 0.1) is 11.3 Å². The second-order valence-corrected chi connectivity index (χ2v) is 4.43. The zero-order chi connectivity index (χ0) is 12.8. The molecule has 2 aromatic rings. The van der Waals surface area contributed by atoms with Crippen LogP contribution in [0.3, 0.4) is 0 Å². The summed E-state index contributed by atoms with van der Waals surface area (Å²) in [6.07, 6.45) is 3.26. The van der Waals surface area contributed by atoms with Gasteiger partial charge in [0.1, 0.15) is 17.3 Å². The molecule has 0 atom stereocenters. The zero-order valence-corrected chi connectivity index (χ0v) is 9.88. The lowest BCUT2D eigenvalue weighted by Gasteiger charge is -2.10. The highest BCUT2D eigenvalue weighted by molar-refractivity contribution is 5.86. The van der Waals surface area contributed by atoms with Gasteiger partial charge in [-0.25, -0.2) is 4.98 Å². The van der Waals surface area contributed by atoms with E-state index in [4.69, 9.17) is 10.00 Å². The Labute approximate surface area is 104 Å².